The van der Waals surface area contributed by atoms with Gasteiger partial charge in [0.15, 0.2) is 0 Å². The first-order valence-electron chi connectivity index (χ1n) is 9.33. The summed E-state index contributed by atoms with van der Waals surface area (Å²) in [5, 5.41) is 8.93. The van der Waals surface area contributed by atoms with Crippen LogP contribution in [0.5, 0.6) is 0 Å². The lowest BCUT2D eigenvalue weighted by molar-refractivity contribution is 0.150. The Morgan fingerprint density at radius 2 is 1.38 bits per heavy atom. The first kappa shape index (κ1) is 20.0. The standard InChI is InChI=1S/C27H21NO/c1-20-17-25(15-13-22-7-5-4-6-8-22)26(18-21(20)2)27(29-3)16-14-23-9-11-24(19-28)12-10-23/h4-12,17-18,27H,1-3H3. The van der Waals surface area contributed by atoms with Crippen molar-refractivity contribution in [3.8, 4) is 29.8 Å². The van der Waals surface area contributed by atoms with E-state index in [4.69, 9.17) is 10.00 Å². The van der Waals surface area contributed by atoms with Crippen LogP contribution in [0.2, 0.25) is 0 Å². The summed E-state index contributed by atoms with van der Waals surface area (Å²) in [6.07, 6.45) is -0.398. The topological polar surface area (TPSA) is 33.0 Å². The maximum Gasteiger partial charge on any atom is 0.144 e. The quantitative estimate of drug-likeness (QED) is 0.568. The smallest absolute Gasteiger partial charge is 0.144 e. The molecule has 140 valence electrons. The van der Waals surface area contributed by atoms with Crippen molar-refractivity contribution < 1.29 is 4.74 Å². The van der Waals surface area contributed by atoms with Gasteiger partial charge in [0.1, 0.15) is 6.10 Å². The van der Waals surface area contributed by atoms with Gasteiger partial charge in [-0.1, -0.05) is 47.9 Å². The summed E-state index contributed by atoms with van der Waals surface area (Å²) in [7, 11) is 1.65. The highest BCUT2D eigenvalue weighted by Crippen LogP contribution is 2.24. The number of ether oxygens (including phenoxy) is 1. The van der Waals surface area contributed by atoms with Crippen molar-refractivity contribution >= 4 is 0 Å². The molecule has 0 radical (unpaired) electrons. The minimum absolute atomic E-state index is 0.398. The molecule has 0 aliphatic rings. The second-order valence-corrected chi connectivity index (χ2v) is 6.71. The molecule has 0 aliphatic heterocycles. The Morgan fingerprint density at radius 1 is 0.759 bits per heavy atom. The Kier molecular flexibility index (Phi) is 6.50. The van der Waals surface area contributed by atoms with E-state index in [0.29, 0.717) is 5.56 Å². The van der Waals surface area contributed by atoms with Gasteiger partial charge in [0.05, 0.1) is 11.6 Å². The van der Waals surface area contributed by atoms with E-state index in [-0.39, 0.29) is 0 Å². The molecule has 1 unspecified atom stereocenters. The molecule has 0 saturated heterocycles. The highest BCUT2D eigenvalue weighted by atomic mass is 16.5. The number of benzene rings is 3. The van der Waals surface area contributed by atoms with Gasteiger partial charge in [-0.2, -0.15) is 5.26 Å². The van der Waals surface area contributed by atoms with Crippen LogP contribution < -0.4 is 0 Å². The number of rotatable bonds is 2. The van der Waals surface area contributed by atoms with E-state index in [1.165, 1.54) is 11.1 Å². The van der Waals surface area contributed by atoms with Crippen molar-refractivity contribution in [3.63, 3.8) is 0 Å². The zero-order valence-corrected chi connectivity index (χ0v) is 16.8. The molecule has 2 heteroatoms. The van der Waals surface area contributed by atoms with Crippen molar-refractivity contribution in [2.75, 3.05) is 7.11 Å². The minimum atomic E-state index is -0.398. The zero-order valence-electron chi connectivity index (χ0n) is 16.8. The van der Waals surface area contributed by atoms with Crippen molar-refractivity contribution in [1.29, 1.82) is 5.26 Å². The number of nitriles is 1. The van der Waals surface area contributed by atoms with Crippen LogP contribution in [-0.2, 0) is 4.74 Å². The Balaban J connectivity index is 1.99. The highest BCUT2D eigenvalue weighted by molar-refractivity contribution is 5.52. The molecular weight excluding hydrogens is 354 g/mol. The average molecular weight is 375 g/mol. The van der Waals surface area contributed by atoms with E-state index in [1.54, 1.807) is 19.2 Å². The molecule has 0 saturated carbocycles. The highest BCUT2D eigenvalue weighted by Gasteiger charge is 2.13. The van der Waals surface area contributed by atoms with Crippen LogP contribution in [0.3, 0.4) is 0 Å². The molecule has 0 aromatic heterocycles. The summed E-state index contributed by atoms with van der Waals surface area (Å²) in [5.74, 6) is 12.9. The van der Waals surface area contributed by atoms with Gasteiger partial charge < -0.3 is 4.74 Å². The predicted molar refractivity (Wildman–Crippen MR) is 116 cm³/mol. The summed E-state index contributed by atoms with van der Waals surface area (Å²) in [6, 6.07) is 23.4. The third-order valence-electron chi connectivity index (χ3n) is 4.66. The molecule has 1 atom stereocenters. The van der Waals surface area contributed by atoms with Crippen LogP contribution in [-0.4, -0.2) is 7.11 Å². The molecule has 0 fully saturated rings. The summed E-state index contributed by atoms with van der Waals surface area (Å²) in [4.78, 5) is 0. The molecule has 3 aromatic carbocycles. The fraction of sp³-hybridized carbons (Fsp3) is 0.148. The second kappa shape index (κ2) is 9.43. The first-order valence-corrected chi connectivity index (χ1v) is 9.33. The maximum absolute atomic E-state index is 8.93. The lowest BCUT2D eigenvalue weighted by Crippen LogP contribution is -2.03. The van der Waals surface area contributed by atoms with Crippen LogP contribution in [0.15, 0.2) is 66.7 Å². The number of hydrogen-bond acceptors (Lipinski definition) is 2. The van der Waals surface area contributed by atoms with Gasteiger partial charge in [0.2, 0.25) is 0 Å². The number of methoxy groups -OCH3 is 1. The number of hydrogen-bond donors (Lipinski definition) is 0. The fourth-order valence-electron chi connectivity index (χ4n) is 2.87. The number of nitrogens with zero attached hydrogens (tertiary/aromatic N) is 1. The second-order valence-electron chi connectivity index (χ2n) is 6.71. The molecule has 0 heterocycles. The molecule has 0 amide bonds. The van der Waals surface area contributed by atoms with Gasteiger partial charge in [-0.15, -0.1) is 0 Å². The average Bonchev–Trinajstić information content (AvgIpc) is 2.76. The molecule has 0 spiro atoms. The Morgan fingerprint density at radius 3 is 2.03 bits per heavy atom. The Bertz CT molecular complexity index is 1160. The van der Waals surface area contributed by atoms with E-state index >= 15 is 0 Å². The van der Waals surface area contributed by atoms with Crippen LogP contribution >= 0.6 is 0 Å². The molecule has 0 N–H and O–H groups in total. The Labute approximate surface area is 172 Å². The van der Waals surface area contributed by atoms with E-state index in [9.17, 15) is 0 Å². The summed E-state index contributed by atoms with van der Waals surface area (Å²) < 4.78 is 5.70. The van der Waals surface area contributed by atoms with Crippen molar-refractivity contribution in [3.05, 3.63) is 106 Å². The summed E-state index contributed by atoms with van der Waals surface area (Å²) >= 11 is 0. The molecule has 3 aromatic rings. The van der Waals surface area contributed by atoms with Crippen molar-refractivity contribution in [1.82, 2.24) is 0 Å². The van der Waals surface area contributed by atoms with Gasteiger partial charge in [0.25, 0.3) is 0 Å². The van der Waals surface area contributed by atoms with Gasteiger partial charge >= 0.3 is 0 Å². The molecule has 0 aliphatic carbocycles. The lowest BCUT2D eigenvalue weighted by atomic mass is 9.96. The normalized spacial score (nSPS) is 10.7. The van der Waals surface area contributed by atoms with E-state index < -0.39 is 6.10 Å². The zero-order chi connectivity index (χ0) is 20.6. The van der Waals surface area contributed by atoms with Gasteiger partial charge in [-0.3, -0.25) is 0 Å². The lowest BCUT2D eigenvalue weighted by Gasteiger charge is -2.14. The Hall–Kier alpha value is -3.77. The fourth-order valence-corrected chi connectivity index (χ4v) is 2.87. The van der Waals surface area contributed by atoms with Crippen LogP contribution in [0.1, 0.15) is 45.0 Å². The minimum Gasteiger partial charge on any atom is -0.364 e. The molecular formula is C27H21NO. The largest absolute Gasteiger partial charge is 0.364 e. The molecule has 0 bridgehead atoms. The molecule has 3 rings (SSSR count). The van der Waals surface area contributed by atoms with E-state index in [1.807, 2.05) is 42.5 Å². The van der Waals surface area contributed by atoms with E-state index in [0.717, 1.165) is 22.3 Å². The van der Waals surface area contributed by atoms with Gasteiger partial charge in [-0.25, -0.2) is 0 Å². The van der Waals surface area contributed by atoms with Crippen LogP contribution in [0, 0.1) is 48.9 Å². The van der Waals surface area contributed by atoms with Gasteiger partial charge in [0, 0.05) is 29.4 Å². The van der Waals surface area contributed by atoms with Crippen molar-refractivity contribution in [2.45, 2.75) is 20.0 Å². The molecule has 2 nitrogen and oxygen atoms in total. The maximum atomic E-state index is 8.93. The molecule has 29 heavy (non-hydrogen) atoms. The summed E-state index contributed by atoms with van der Waals surface area (Å²) in [5.41, 5.74) is 6.65. The van der Waals surface area contributed by atoms with Crippen LogP contribution in [0.25, 0.3) is 0 Å². The first-order chi connectivity index (χ1) is 14.1. The van der Waals surface area contributed by atoms with Gasteiger partial charge in [-0.05, 0) is 67.4 Å². The monoisotopic (exact) mass is 375 g/mol. The third kappa shape index (κ3) is 5.15. The SMILES string of the molecule is COC(C#Cc1ccc(C#N)cc1)c1cc(C)c(C)cc1C#Cc1ccccc1. The van der Waals surface area contributed by atoms with Crippen LogP contribution in [0.4, 0.5) is 0 Å². The van der Waals surface area contributed by atoms with E-state index in [2.05, 4.69) is 55.7 Å². The van der Waals surface area contributed by atoms with Crippen molar-refractivity contribution in [2.24, 2.45) is 0 Å². The third-order valence-corrected chi connectivity index (χ3v) is 4.66. The summed E-state index contributed by atoms with van der Waals surface area (Å²) in [6.45, 7) is 4.16. The predicted octanol–water partition coefficient (Wildman–Crippen LogP) is 5.31. The number of aryl methyl sites for hydroxylation is 2.